The summed E-state index contributed by atoms with van der Waals surface area (Å²) in [5.74, 6) is -1.96. The molecule has 1 aliphatic rings. The van der Waals surface area contributed by atoms with Crippen LogP contribution >= 0.6 is 0 Å². The van der Waals surface area contributed by atoms with Crippen molar-refractivity contribution in [2.24, 2.45) is 0 Å². The van der Waals surface area contributed by atoms with Crippen molar-refractivity contribution in [1.29, 1.82) is 0 Å². The molecule has 0 aliphatic carbocycles. The standard InChI is InChI=1S/C11H8N2O4/c14-9-5-6-10(15)13(9)12-8-3-1-7(2-4-8)11(16)17/h1-6,12H,(H,16,17). The lowest BCUT2D eigenvalue weighted by Crippen LogP contribution is -2.35. The van der Waals surface area contributed by atoms with E-state index in [1.54, 1.807) is 0 Å². The third kappa shape index (κ3) is 2.15. The van der Waals surface area contributed by atoms with Crippen LogP contribution in [0.15, 0.2) is 36.4 Å². The number of anilines is 1. The quantitative estimate of drug-likeness (QED) is 0.746. The maximum atomic E-state index is 11.2. The van der Waals surface area contributed by atoms with Crippen molar-refractivity contribution in [3.63, 3.8) is 0 Å². The molecule has 2 N–H and O–H groups in total. The molecule has 0 fully saturated rings. The second kappa shape index (κ2) is 4.09. The minimum Gasteiger partial charge on any atom is -0.478 e. The number of hydrogen-bond acceptors (Lipinski definition) is 4. The number of carboxylic acids is 1. The summed E-state index contributed by atoms with van der Waals surface area (Å²) in [4.78, 5) is 33.1. The molecule has 2 amide bonds. The van der Waals surface area contributed by atoms with Crippen LogP contribution in [0, 0.1) is 0 Å². The molecule has 1 aromatic rings. The predicted molar refractivity (Wildman–Crippen MR) is 58.0 cm³/mol. The molecule has 86 valence electrons. The highest BCUT2D eigenvalue weighted by Crippen LogP contribution is 2.12. The van der Waals surface area contributed by atoms with E-state index in [1.165, 1.54) is 24.3 Å². The van der Waals surface area contributed by atoms with Gasteiger partial charge in [-0.1, -0.05) is 0 Å². The summed E-state index contributed by atoms with van der Waals surface area (Å²) in [6.07, 6.45) is 2.31. The Kier molecular flexibility index (Phi) is 2.61. The van der Waals surface area contributed by atoms with Gasteiger partial charge in [-0.3, -0.25) is 15.0 Å². The molecule has 0 aromatic heterocycles. The highest BCUT2D eigenvalue weighted by Gasteiger charge is 2.23. The average molecular weight is 232 g/mol. The summed E-state index contributed by atoms with van der Waals surface area (Å²) in [7, 11) is 0. The van der Waals surface area contributed by atoms with Gasteiger partial charge in [-0.2, -0.15) is 5.01 Å². The Labute approximate surface area is 96.1 Å². The first-order valence-corrected chi connectivity index (χ1v) is 4.74. The summed E-state index contributed by atoms with van der Waals surface area (Å²) in [5, 5.41) is 9.54. The fourth-order valence-corrected chi connectivity index (χ4v) is 1.33. The van der Waals surface area contributed by atoms with Crippen molar-refractivity contribution in [3.8, 4) is 0 Å². The summed E-state index contributed by atoms with van der Waals surface area (Å²) < 4.78 is 0. The Hall–Kier alpha value is -2.63. The average Bonchev–Trinajstić information content (AvgIpc) is 2.61. The first-order valence-electron chi connectivity index (χ1n) is 4.74. The molecular formula is C11H8N2O4. The van der Waals surface area contributed by atoms with E-state index in [1.807, 2.05) is 0 Å². The van der Waals surface area contributed by atoms with E-state index in [-0.39, 0.29) is 5.56 Å². The maximum Gasteiger partial charge on any atom is 0.335 e. The minimum atomic E-state index is -1.04. The number of hydrogen-bond donors (Lipinski definition) is 2. The summed E-state index contributed by atoms with van der Waals surface area (Å²) in [6, 6.07) is 5.71. The molecule has 17 heavy (non-hydrogen) atoms. The lowest BCUT2D eigenvalue weighted by Gasteiger charge is -2.16. The molecule has 6 nitrogen and oxygen atoms in total. The fraction of sp³-hybridized carbons (Fsp3) is 0. The summed E-state index contributed by atoms with van der Waals surface area (Å²) in [6.45, 7) is 0. The third-order valence-corrected chi connectivity index (χ3v) is 2.18. The second-order valence-corrected chi connectivity index (χ2v) is 3.34. The largest absolute Gasteiger partial charge is 0.478 e. The number of hydrazine groups is 1. The van der Waals surface area contributed by atoms with E-state index in [0.717, 1.165) is 17.2 Å². The number of carboxylic acid groups (broad SMARTS) is 1. The van der Waals surface area contributed by atoms with Crippen LogP contribution in [0.2, 0.25) is 0 Å². The third-order valence-electron chi connectivity index (χ3n) is 2.18. The van der Waals surface area contributed by atoms with Gasteiger partial charge in [-0.05, 0) is 24.3 Å². The molecule has 0 atom stereocenters. The van der Waals surface area contributed by atoms with Crippen LogP contribution in [-0.2, 0) is 9.59 Å². The van der Waals surface area contributed by atoms with Gasteiger partial charge in [0.15, 0.2) is 0 Å². The number of imide groups is 1. The van der Waals surface area contributed by atoms with Crippen molar-refractivity contribution in [2.45, 2.75) is 0 Å². The summed E-state index contributed by atoms with van der Waals surface area (Å²) in [5.41, 5.74) is 3.18. The SMILES string of the molecule is O=C(O)c1ccc(NN2C(=O)C=CC2=O)cc1. The van der Waals surface area contributed by atoms with Gasteiger partial charge in [0, 0.05) is 12.2 Å². The molecular weight excluding hydrogens is 224 g/mol. The van der Waals surface area contributed by atoms with Gasteiger partial charge >= 0.3 is 5.97 Å². The van der Waals surface area contributed by atoms with Gasteiger partial charge < -0.3 is 5.11 Å². The zero-order valence-electron chi connectivity index (χ0n) is 8.58. The molecule has 1 heterocycles. The normalized spacial score (nSPS) is 14.2. The van der Waals surface area contributed by atoms with Crippen LogP contribution in [-0.4, -0.2) is 27.9 Å². The fourth-order valence-electron chi connectivity index (χ4n) is 1.33. The van der Waals surface area contributed by atoms with Crippen molar-refractivity contribution in [3.05, 3.63) is 42.0 Å². The van der Waals surface area contributed by atoms with Crippen molar-refractivity contribution in [1.82, 2.24) is 5.01 Å². The number of amides is 2. The van der Waals surface area contributed by atoms with E-state index in [9.17, 15) is 14.4 Å². The minimum absolute atomic E-state index is 0.132. The van der Waals surface area contributed by atoms with Crippen LogP contribution in [0.4, 0.5) is 5.69 Å². The number of carbonyl (C=O) groups excluding carboxylic acids is 2. The van der Waals surface area contributed by atoms with Crippen LogP contribution in [0.3, 0.4) is 0 Å². The molecule has 0 spiro atoms. The van der Waals surface area contributed by atoms with E-state index in [0.29, 0.717) is 5.69 Å². The molecule has 0 radical (unpaired) electrons. The molecule has 0 bridgehead atoms. The number of nitrogens with zero attached hydrogens (tertiary/aromatic N) is 1. The molecule has 6 heteroatoms. The van der Waals surface area contributed by atoms with Gasteiger partial charge in [-0.25, -0.2) is 4.79 Å². The molecule has 1 aliphatic heterocycles. The van der Waals surface area contributed by atoms with Crippen LogP contribution in [0.1, 0.15) is 10.4 Å². The first kappa shape index (κ1) is 10.9. The van der Waals surface area contributed by atoms with Gasteiger partial charge in [0.2, 0.25) is 0 Å². The van der Waals surface area contributed by atoms with E-state index in [4.69, 9.17) is 5.11 Å². The molecule has 0 saturated heterocycles. The first-order chi connectivity index (χ1) is 8.08. The number of aromatic carboxylic acids is 1. The van der Waals surface area contributed by atoms with Crippen LogP contribution in [0.5, 0.6) is 0 Å². The highest BCUT2D eigenvalue weighted by molar-refractivity contribution is 6.13. The Morgan fingerprint density at radius 3 is 2.06 bits per heavy atom. The van der Waals surface area contributed by atoms with Crippen molar-refractivity contribution in [2.75, 3.05) is 5.43 Å². The number of carbonyl (C=O) groups is 3. The van der Waals surface area contributed by atoms with E-state index in [2.05, 4.69) is 5.43 Å². The predicted octanol–water partition coefficient (Wildman–Crippen LogP) is 0.637. The summed E-state index contributed by atoms with van der Waals surface area (Å²) >= 11 is 0. The second-order valence-electron chi connectivity index (χ2n) is 3.34. The Morgan fingerprint density at radius 2 is 1.59 bits per heavy atom. The van der Waals surface area contributed by atoms with Gasteiger partial charge in [0.05, 0.1) is 11.3 Å². The maximum absolute atomic E-state index is 11.2. The van der Waals surface area contributed by atoms with E-state index >= 15 is 0 Å². The van der Waals surface area contributed by atoms with Crippen molar-refractivity contribution < 1.29 is 19.5 Å². The molecule has 0 saturated carbocycles. The smallest absolute Gasteiger partial charge is 0.335 e. The number of rotatable bonds is 3. The van der Waals surface area contributed by atoms with E-state index < -0.39 is 17.8 Å². The molecule has 0 unspecified atom stereocenters. The molecule has 2 rings (SSSR count). The van der Waals surface area contributed by atoms with Crippen LogP contribution in [0.25, 0.3) is 0 Å². The van der Waals surface area contributed by atoms with Gasteiger partial charge in [0.1, 0.15) is 0 Å². The van der Waals surface area contributed by atoms with Gasteiger partial charge in [-0.15, -0.1) is 0 Å². The molecule has 1 aromatic carbocycles. The number of benzene rings is 1. The monoisotopic (exact) mass is 232 g/mol. The topological polar surface area (TPSA) is 86.7 Å². The van der Waals surface area contributed by atoms with Gasteiger partial charge in [0.25, 0.3) is 11.8 Å². The zero-order valence-corrected chi connectivity index (χ0v) is 8.58. The van der Waals surface area contributed by atoms with Crippen LogP contribution < -0.4 is 5.43 Å². The Balaban J connectivity index is 2.12. The lowest BCUT2D eigenvalue weighted by molar-refractivity contribution is -0.135. The lowest BCUT2D eigenvalue weighted by atomic mass is 10.2. The zero-order chi connectivity index (χ0) is 12.4. The highest BCUT2D eigenvalue weighted by atomic mass is 16.4. The Morgan fingerprint density at radius 1 is 1.06 bits per heavy atom. The Bertz CT molecular complexity index is 501. The number of nitrogens with one attached hydrogen (secondary N) is 1. The van der Waals surface area contributed by atoms with Crippen molar-refractivity contribution >= 4 is 23.5 Å².